The number of fused-ring (bicyclic) bond motifs is 1. The number of aliphatic hydroxyl groups is 1. The van der Waals surface area contributed by atoms with Crippen LogP contribution in [-0.4, -0.2) is 30.2 Å². The Morgan fingerprint density at radius 3 is 3.00 bits per heavy atom. The molecule has 0 aromatic heterocycles. The molecule has 13 heavy (non-hydrogen) atoms. The van der Waals surface area contributed by atoms with Gasteiger partial charge in [0.2, 0.25) is 0 Å². The van der Waals surface area contributed by atoms with E-state index >= 15 is 0 Å². The molecule has 1 saturated carbocycles. The number of carbonyl (C=O) groups is 1. The Bertz CT molecular complexity index is 282. The van der Waals surface area contributed by atoms with Crippen molar-refractivity contribution in [1.29, 1.82) is 0 Å². The van der Waals surface area contributed by atoms with Gasteiger partial charge >= 0.3 is 0 Å². The third-order valence-corrected chi connectivity index (χ3v) is 3.32. The molecule has 1 fully saturated rings. The van der Waals surface area contributed by atoms with E-state index in [4.69, 9.17) is 4.74 Å². The first-order valence-electron chi connectivity index (χ1n) is 4.53. The number of rotatable bonds is 1. The lowest BCUT2D eigenvalue weighted by Crippen LogP contribution is -2.26. The van der Waals surface area contributed by atoms with Gasteiger partial charge in [-0.25, -0.2) is 0 Å². The van der Waals surface area contributed by atoms with Gasteiger partial charge in [-0.05, 0) is 11.6 Å². The van der Waals surface area contributed by atoms with Gasteiger partial charge in [0.05, 0.1) is 12.2 Å². The van der Waals surface area contributed by atoms with Gasteiger partial charge in [-0.15, -0.1) is 0 Å². The Hall–Kier alpha value is -0.670. The molecule has 2 aliphatic rings. The molecule has 1 N–H and O–H groups in total. The number of ketones is 1. The van der Waals surface area contributed by atoms with Crippen LogP contribution >= 0.6 is 0 Å². The lowest BCUT2D eigenvalue weighted by Gasteiger charge is -2.24. The lowest BCUT2D eigenvalue weighted by atomic mass is 9.83. The van der Waals surface area contributed by atoms with Crippen LogP contribution in [0.5, 0.6) is 0 Å². The average molecular weight is 182 g/mol. The number of methoxy groups -OCH3 is 1. The minimum absolute atomic E-state index is 0.0635. The van der Waals surface area contributed by atoms with Crippen LogP contribution in [0.25, 0.3) is 0 Å². The molecule has 72 valence electrons. The van der Waals surface area contributed by atoms with Crippen LogP contribution in [-0.2, 0) is 9.53 Å². The van der Waals surface area contributed by atoms with Crippen LogP contribution in [0.4, 0.5) is 0 Å². The summed E-state index contributed by atoms with van der Waals surface area (Å²) in [6, 6.07) is 0. The largest absolute Gasteiger partial charge is 0.392 e. The topological polar surface area (TPSA) is 46.5 Å². The molecular formula is C10H14O3. The fourth-order valence-electron chi connectivity index (χ4n) is 2.44. The summed E-state index contributed by atoms with van der Waals surface area (Å²) in [5.74, 6) is 0.110. The SMILES string of the molecule is COC1CC(O)C2(C)CC(=O)C=C12. The first kappa shape index (κ1) is 8.91. The van der Waals surface area contributed by atoms with E-state index in [1.54, 1.807) is 13.2 Å². The minimum Gasteiger partial charge on any atom is -0.392 e. The fourth-order valence-corrected chi connectivity index (χ4v) is 2.44. The van der Waals surface area contributed by atoms with E-state index in [2.05, 4.69) is 0 Å². The molecule has 3 unspecified atom stereocenters. The second-order valence-corrected chi connectivity index (χ2v) is 4.14. The Labute approximate surface area is 77.4 Å². The Morgan fingerprint density at radius 1 is 1.69 bits per heavy atom. The van der Waals surface area contributed by atoms with Crippen molar-refractivity contribution >= 4 is 5.78 Å². The summed E-state index contributed by atoms with van der Waals surface area (Å²) in [5.41, 5.74) is 0.630. The first-order valence-corrected chi connectivity index (χ1v) is 4.53. The van der Waals surface area contributed by atoms with Crippen molar-refractivity contribution in [3.8, 4) is 0 Å². The molecule has 0 aromatic rings. The Morgan fingerprint density at radius 2 is 2.38 bits per heavy atom. The maximum atomic E-state index is 11.2. The second kappa shape index (κ2) is 2.66. The zero-order valence-corrected chi connectivity index (χ0v) is 7.91. The molecule has 0 saturated heterocycles. The smallest absolute Gasteiger partial charge is 0.156 e. The van der Waals surface area contributed by atoms with Crippen LogP contribution in [0.3, 0.4) is 0 Å². The molecule has 2 aliphatic carbocycles. The van der Waals surface area contributed by atoms with Crippen molar-refractivity contribution in [3.63, 3.8) is 0 Å². The molecule has 0 aromatic carbocycles. The summed E-state index contributed by atoms with van der Waals surface area (Å²) in [7, 11) is 1.62. The molecular weight excluding hydrogens is 168 g/mol. The van der Waals surface area contributed by atoms with Crippen LogP contribution in [0.1, 0.15) is 19.8 Å². The summed E-state index contributed by atoms with van der Waals surface area (Å²) >= 11 is 0. The molecule has 3 atom stereocenters. The van der Waals surface area contributed by atoms with Gasteiger partial charge in [0.15, 0.2) is 5.78 Å². The Kier molecular flexibility index (Phi) is 1.82. The molecule has 0 radical (unpaired) electrons. The normalized spacial score (nSPS) is 43.6. The van der Waals surface area contributed by atoms with Gasteiger partial charge in [-0.2, -0.15) is 0 Å². The predicted molar refractivity (Wildman–Crippen MR) is 47.2 cm³/mol. The first-order chi connectivity index (χ1) is 6.08. The Balaban J connectivity index is 2.37. The zero-order chi connectivity index (χ0) is 9.64. The molecule has 0 spiro atoms. The summed E-state index contributed by atoms with van der Waals surface area (Å²) in [5, 5.41) is 9.80. The monoisotopic (exact) mass is 182 g/mol. The van der Waals surface area contributed by atoms with Crippen molar-refractivity contribution in [1.82, 2.24) is 0 Å². The summed E-state index contributed by atoms with van der Waals surface area (Å²) in [6.45, 7) is 1.94. The zero-order valence-electron chi connectivity index (χ0n) is 7.91. The van der Waals surface area contributed by atoms with Gasteiger partial charge in [0.1, 0.15) is 0 Å². The number of hydrogen-bond donors (Lipinski definition) is 1. The second-order valence-electron chi connectivity index (χ2n) is 4.14. The van der Waals surface area contributed by atoms with E-state index in [-0.39, 0.29) is 17.3 Å². The summed E-state index contributed by atoms with van der Waals surface area (Å²) < 4.78 is 5.23. The molecule has 3 heteroatoms. The summed E-state index contributed by atoms with van der Waals surface area (Å²) in [4.78, 5) is 11.2. The van der Waals surface area contributed by atoms with E-state index in [1.807, 2.05) is 6.92 Å². The third-order valence-electron chi connectivity index (χ3n) is 3.32. The van der Waals surface area contributed by atoms with Crippen molar-refractivity contribution in [3.05, 3.63) is 11.6 Å². The minimum atomic E-state index is -0.435. The number of carbonyl (C=O) groups excluding carboxylic acids is 1. The number of ether oxygens (including phenoxy) is 1. The molecule has 3 nitrogen and oxygen atoms in total. The standard InChI is InChI=1S/C10H14O3/c1-10-5-6(11)3-7(10)8(13-2)4-9(10)12/h3,8-9,12H,4-5H2,1-2H3. The molecule has 0 amide bonds. The number of aliphatic hydroxyl groups excluding tert-OH is 1. The highest BCUT2D eigenvalue weighted by atomic mass is 16.5. The highest BCUT2D eigenvalue weighted by Crippen LogP contribution is 2.50. The van der Waals surface area contributed by atoms with Gasteiger partial charge in [-0.3, -0.25) is 4.79 Å². The van der Waals surface area contributed by atoms with Gasteiger partial charge in [-0.1, -0.05) is 6.92 Å². The fraction of sp³-hybridized carbons (Fsp3) is 0.700. The van der Waals surface area contributed by atoms with Crippen molar-refractivity contribution in [2.45, 2.75) is 32.0 Å². The number of allylic oxidation sites excluding steroid dienone is 1. The van der Waals surface area contributed by atoms with E-state index in [0.29, 0.717) is 12.8 Å². The molecule has 0 aliphatic heterocycles. The summed E-state index contributed by atoms with van der Waals surface area (Å²) in [6.07, 6.45) is 2.20. The van der Waals surface area contributed by atoms with E-state index < -0.39 is 6.10 Å². The molecule has 2 rings (SSSR count). The third kappa shape index (κ3) is 1.07. The molecule has 0 bridgehead atoms. The van der Waals surface area contributed by atoms with Gasteiger partial charge < -0.3 is 9.84 Å². The highest BCUT2D eigenvalue weighted by Gasteiger charge is 2.51. The van der Waals surface area contributed by atoms with Crippen LogP contribution < -0.4 is 0 Å². The van der Waals surface area contributed by atoms with Crippen molar-refractivity contribution in [2.24, 2.45) is 5.41 Å². The van der Waals surface area contributed by atoms with Crippen molar-refractivity contribution in [2.75, 3.05) is 7.11 Å². The van der Waals surface area contributed by atoms with Gasteiger partial charge in [0.25, 0.3) is 0 Å². The van der Waals surface area contributed by atoms with Crippen LogP contribution in [0.2, 0.25) is 0 Å². The van der Waals surface area contributed by atoms with Gasteiger partial charge in [0, 0.05) is 25.4 Å². The molecule has 0 heterocycles. The number of hydrogen-bond acceptors (Lipinski definition) is 3. The maximum absolute atomic E-state index is 11.2. The van der Waals surface area contributed by atoms with E-state index in [9.17, 15) is 9.90 Å². The van der Waals surface area contributed by atoms with Crippen molar-refractivity contribution < 1.29 is 14.6 Å². The predicted octanol–water partition coefficient (Wildman–Crippen LogP) is 0.671. The highest BCUT2D eigenvalue weighted by molar-refractivity contribution is 5.95. The maximum Gasteiger partial charge on any atom is 0.156 e. The van der Waals surface area contributed by atoms with Crippen LogP contribution in [0, 0.1) is 5.41 Å². The lowest BCUT2D eigenvalue weighted by molar-refractivity contribution is -0.116. The quantitative estimate of drug-likeness (QED) is 0.648. The average Bonchev–Trinajstić information content (AvgIpc) is 2.47. The van der Waals surface area contributed by atoms with Crippen LogP contribution in [0.15, 0.2) is 11.6 Å². The van der Waals surface area contributed by atoms with E-state index in [0.717, 1.165) is 5.57 Å². The van der Waals surface area contributed by atoms with E-state index in [1.165, 1.54) is 0 Å².